The maximum absolute atomic E-state index is 10.4. The van der Waals surface area contributed by atoms with Crippen molar-refractivity contribution in [3.63, 3.8) is 0 Å². The van der Waals surface area contributed by atoms with Crippen LogP contribution in [0.1, 0.15) is 47.3 Å². The van der Waals surface area contributed by atoms with Crippen LogP contribution in [-0.4, -0.2) is 29.0 Å². The Morgan fingerprint density at radius 1 is 1.04 bits per heavy atom. The zero-order chi connectivity index (χ0) is 19.8. The Morgan fingerprint density at radius 2 is 1.67 bits per heavy atom. The lowest BCUT2D eigenvalue weighted by Gasteiger charge is -2.13. The van der Waals surface area contributed by atoms with Crippen molar-refractivity contribution in [2.24, 2.45) is 0 Å². The molecule has 144 valence electrons. The molecule has 2 aromatic carbocycles. The van der Waals surface area contributed by atoms with Crippen molar-refractivity contribution in [3.8, 4) is 5.75 Å². The van der Waals surface area contributed by atoms with Crippen LogP contribution in [0, 0.1) is 13.8 Å². The van der Waals surface area contributed by atoms with Crippen molar-refractivity contribution in [2.45, 2.75) is 38.9 Å². The van der Waals surface area contributed by atoms with E-state index in [-0.39, 0.29) is 5.75 Å². The first kappa shape index (κ1) is 20.9. The molecule has 2 aromatic rings. The average Bonchev–Trinajstić information content (AvgIpc) is 2.66. The highest BCUT2D eigenvalue weighted by atomic mass is 16.5. The Labute approximate surface area is 161 Å². The summed E-state index contributed by atoms with van der Waals surface area (Å²) in [6.45, 7) is 4.00. The Bertz CT molecular complexity index is 781. The van der Waals surface area contributed by atoms with Gasteiger partial charge in [-0.25, -0.2) is 0 Å². The number of hydrogen-bond acceptors (Lipinski definition) is 4. The Balaban J connectivity index is 2.09. The van der Waals surface area contributed by atoms with E-state index in [0.717, 1.165) is 27.8 Å². The number of benzene rings is 2. The van der Waals surface area contributed by atoms with Gasteiger partial charge in [0.15, 0.2) is 0 Å². The molecule has 4 nitrogen and oxygen atoms in total. The van der Waals surface area contributed by atoms with Gasteiger partial charge in [-0.05, 0) is 59.9 Å². The molecular formula is C23H28O4. The molecule has 3 N–H and O–H groups in total. The highest BCUT2D eigenvalue weighted by molar-refractivity contribution is 5.42. The number of aromatic hydroxyl groups is 1. The van der Waals surface area contributed by atoms with Crippen LogP contribution in [0.3, 0.4) is 0 Å². The molecule has 0 radical (unpaired) electrons. The van der Waals surface area contributed by atoms with Crippen LogP contribution in [0.25, 0.3) is 0 Å². The molecule has 2 rings (SSSR count). The lowest BCUT2D eigenvalue weighted by molar-refractivity contribution is 0.164. The molecule has 0 fully saturated rings. The number of methoxy groups -OCH3 is 1. The second-order valence-corrected chi connectivity index (χ2v) is 6.77. The predicted octanol–water partition coefficient (Wildman–Crippen LogP) is 4.28. The number of aliphatic hydroxyl groups excluding tert-OH is 2. The first-order valence-corrected chi connectivity index (χ1v) is 9.05. The van der Waals surface area contributed by atoms with Crippen molar-refractivity contribution in [1.29, 1.82) is 0 Å². The van der Waals surface area contributed by atoms with E-state index in [0.29, 0.717) is 19.4 Å². The molecule has 0 unspecified atom stereocenters. The largest absolute Gasteiger partial charge is 0.507 e. The van der Waals surface area contributed by atoms with Crippen LogP contribution < -0.4 is 0 Å². The van der Waals surface area contributed by atoms with Crippen molar-refractivity contribution in [1.82, 2.24) is 0 Å². The highest BCUT2D eigenvalue weighted by Crippen LogP contribution is 2.27. The number of aryl methyl sites for hydroxylation is 2. The lowest BCUT2D eigenvalue weighted by Crippen LogP contribution is -2.03. The Morgan fingerprint density at radius 3 is 2.26 bits per heavy atom. The summed E-state index contributed by atoms with van der Waals surface area (Å²) in [5, 5.41) is 30.7. The molecule has 4 heteroatoms. The van der Waals surface area contributed by atoms with Gasteiger partial charge in [-0.1, -0.05) is 30.3 Å². The molecule has 0 aromatic heterocycles. The van der Waals surface area contributed by atoms with Crippen LogP contribution >= 0.6 is 0 Å². The van der Waals surface area contributed by atoms with Crippen LogP contribution in [-0.2, 0) is 4.74 Å². The predicted molar refractivity (Wildman–Crippen MR) is 107 cm³/mol. The molecular weight excluding hydrogens is 340 g/mol. The van der Waals surface area contributed by atoms with Crippen molar-refractivity contribution in [2.75, 3.05) is 13.7 Å². The Kier molecular flexibility index (Phi) is 7.83. The summed E-state index contributed by atoms with van der Waals surface area (Å²) in [5.41, 5.74) is 7.09. The molecule has 0 heterocycles. The molecule has 0 spiro atoms. The monoisotopic (exact) mass is 368 g/mol. The Hall–Kier alpha value is -2.36. The normalized spacial score (nSPS) is 12.9. The molecule has 0 aliphatic heterocycles. The van der Waals surface area contributed by atoms with Gasteiger partial charge in [0.2, 0.25) is 0 Å². The van der Waals surface area contributed by atoms with Gasteiger partial charge in [0.1, 0.15) is 5.75 Å². The zero-order valence-electron chi connectivity index (χ0n) is 16.1. The fourth-order valence-corrected chi connectivity index (χ4v) is 2.99. The van der Waals surface area contributed by atoms with Gasteiger partial charge in [-0.3, -0.25) is 0 Å². The van der Waals surface area contributed by atoms with Gasteiger partial charge >= 0.3 is 0 Å². The maximum atomic E-state index is 10.4. The summed E-state index contributed by atoms with van der Waals surface area (Å²) >= 11 is 0. The lowest BCUT2D eigenvalue weighted by atomic mass is 9.99. The van der Waals surface area contributed by atoms with Gasteiger partial charge < -0.3 is 20.1 Å². The molecule has 0 saturated heterocycles. The summed E-state index contributed by atoms with van der Waals surface area (Å²) in [6, 6.07) is 13.1. The van der Waals surface area contributed by atoms with Crippen molar-refractivity contribution in [3.05, 3.63) is 82.1 Å². The van der Waals surface area contributed by atoms with Crippen LogP contribution in [0.5, 0.6) is 5.75 Å². The molecule has 0 bridgehead atoms. The fourth-order valence-electron chi connectivity index (χ4n) is 2.99. The first-order chi connectivity index (χ1) is 12.9. The topological polar surface area (TPSA) is 69.9 Å². The van der Waals surface area contributed by atoms with E-state index in [1.54, 1.807) is 25.3 Å². The summed E-state index contributed by atoms with van der Waals surface area (Å²) in [6.07, 6.45) is 1.27. The van der Waals surface area contributed by atoms with E-state index in [1.807, 2.05) is 44.2 Å². The molecule has 0 aliphatic carbocycles. The van der Waals surface area contributed by atoms with E-state index in [4.69, 9.17) is 4.74 Å². The summed E-state index contributed by atoms with van der Waals surface area (Å²) in [5.74, 6) is 0.263. The van der Waals surface area contributed by atoms with Crippen molar-refractivity contribution >= 4 is 0 Å². The van der Waals surface area contributed by atoms with E-state index in [9.17, 15) is 15.3 Å². The maximum Gasteiger partial charge on any atom is 0.121 e. The van der Waals surface area contributed by atoms with E-state index >= 15 is 0 Å². The van der Waals surface area contributed by atoms with Gasteiger partial charge in [-0.2, -0.15) is 0 Å². The number of aliphatic hydroxyl groups is 2. The van der Waals surface area contributed by atoms with Gasteiger partial charge in [0.05, 0.1) is 18.8 Å². The van der Waals surface area contributed by atoms with Gasteiger partial charge in [0, 0.05) is 20.0 Å². The summed E-state index contributed by atoms with van der Waals surface area (Å²) in [7, 11) is 1.60. The zero-order valence-corrected chi connectivity index (χ0v) is 16.1. The quantitative estimate of drug-likeness (QED) is 0.608. The number of rotatable bonds is 8. The number of phenolic OH excluding ortho intramolecular Hbond substituents is 1. The highest BCUT2D eigenvalue weighted by Gasteiger charge is 2.11. The second kappa shape index (κ2) is 10.1. The molecule has 27 heavy (non-hydrogen) atoms. The minimum atomic E-state index is -0.682. The molecule has 2 atom stereocenters. The van der Waals surface area contributed by atoms with E-state index in [1.165, 1.54) is 0 Å². The van der Waals surface area contributed by atoms with E-state index in [2.05, 4.69) is 5.73 Å². The first-order valence-electron chi connectivity index (χ1n) is 9.05. The molecule has 0 aliphatic rings. The average molecular weight is 368 g/mol. The standard InChI is InChI=1S/C23H28O4/c1-16-12-20(13-17(2)23(16)26)21(24)11-7-8-18(15-27-3)14-22(25)19-9-5-4-6-10-19/h4-7,9-10,12-13,21-22,24-26H,11,14-15H2,1-3H3/t8?,21-,22-/m1/s1. The van der Waals surface area contributed by atoms with Crippen LogP contribution in [0.15, 0.2) is 59.8 Å². The third-order valence-corrected chi connectivity index (χ3v) is 4.49. The van der Waals surface area contributed by atoms with Gasteiger partial charge in [0.25, 0.3) is 0 Å². The molecule has 0 amide bonds. The van der Waals surface area contributed by atoms with E-state index < -0.39 is 12.2 Å². The second-order valence-electron chi connectivity index (χ2n) is 6.77. The van der Waals surface area contributed by atoms with Gasteiger partial charge in [-0.15, -0.1) is 5.73 Å². The van der Waals surface area contributed by atoms with Crippen molar-refractivity contribution < 1.29 is 20.1 Å². The summed E-state index contributed by atoms with van der Waals surface area (Å²) in [4.78, 5) is 0. The number of hydrogen-bond donors (Lipinski definition) is 3. The smallest absolute Gasteiger partial charge is 0.121 e. The van der Waals surface area contributed by atoms with Crippen LogP contribution in [0.4, 0.5) is 0 Å². The SMILES string of the molecule is COCC(=C=CC[C@@H](O)c1cc(C)c(O)c(C)c1)C[C@@H](O)c1ccccc1. The minimum Gasteiger partial charge on any atom is -0.507 e. The number of ether oxygens (including phenoxy) is 1. The third-order valence-electron chi connectivity index (χ3n) is 4.49. The number of phenols is 1. The van der Waals surface area contributed by atoms with Crippen LogP contribution in [0.2, 0.25) is 0 Å². The molecule has 0 saturated carbocycles. The minimum absolute atomic E-state index is 0.263. The fraction of sp³-hybridized carbons (Fsp3) is 0.348. The summed E-state index contributed by atoms with van der Waals surface area (Å²) < 4.78 is 5.21. The third kappa shape index (κ3) is 6.09.